The van der Waals surface area contributed by atoms with Crippen LogP contribution in [-0.4, -0.2) is 63.5 Å². The Morgan fingerprint density at radius 3 is 3.11 bits per heavy atom. The number of ether oxygens (including phenoxy) is 2. The van der Waals surface area contributed by atoms with E-state index in [2.05, 4.69) is 9.97 Å². The molecule has 1 saturated heterocycles. The summed E-state index contributed by atoms with van der Waals surface area (Å²) in [5.41, 5.74) is -0.179. The smallest absolute Gasteiger partial charge is 0.267 e. The SMILES string of the molecule is O=C(c1cnc2n(c1=O)CCS2)N1CCOC(COc2cncc(Cl)c2)C1. The Labute approximate surface area is 164 Å². The molecule has 10 heteroatoms. The maximum absolute atomic E-state index is 12.8. The van der Waals surface area contributed by atoms with Crippen LogP contribution in [0.3, 0.4) is 0 Å². The zero-order valence-electron chi connectivity index (χ0n) is 14.3. The first kappa shape index (κ1) is 18.3. The number of halogens is 1. The second-order valence-corrected chi connectivity index (χ2v) is 7.65. The van der Waals surface area contributed by atoms with E-state index in [1.807, 2.05) is 0 Å². The van der Waals surface area contributed by atoms with Crippen LogP contribution in [0.2, 0.25) is 5.02 Å². The molecule has 0 spiro atoms. The van der Waals surface area contributed by atoms with E-state index in [4.69, 9.17) is 21.1 Å². The minimum Gasteiger partial charge on any atom is -0.489 e. The molecule has 1 unspecified atom stereocenters. The lowest BCUT2D eigenvalue weighted by atomic mass is 10.2. The predicted molar refractivity (Wildman–Crippen MR) is 99.6 cm³/mol. The second kappa shape index (κ2) is 7.87. The highest BCUT2D eigenvalue weighted by Gasteiger charge is 2.28. The molecule has 1 atom stereocenters. The van der Waals surface area contributed by atoms with Gasteiger partial charge in [-0.05, 0) is 0 Å². The Morgan fingerprint density at radius 2 is 2.26 bits per heavy atom. The van der Waals surface area contributed by atoms with Crippen molar-refractivity contribution >= 4 is 29.3 Å². The van der Waals surface area contributed by atoms with Gasteiger partial charge in [0.25, 0.3) is 11.5 Å². The Kier molecular flexibility index (Phi) is 5.33. The molecule has 0 radical (unpaired) electrons. The third-order valence-corrected chi connectivity index (χ3v) is 5.51. The largest absolute Gasteiger partial charge is 0.489 e. The molecule has 4 rings (SSSR count). The molecule has 2 aromatic rings. The van der Waals surface area contributed by atoms with Gasteiger partial charge in [0.05, 0.1) is 24.4 Å². The van der Waals surface area contributed by atoms with Gasteiger partial charge in [0.1, 0.15) is 24.0 Å². The number of nitrogens with zero attached hydrogens (tertiary/aromatic N) is 4. The van der Waals surface area contributed by atoms with Crippen molar-refractivity contribution in [3.05, 3.63) is 45.6 Å². The van der Waals surface area contributed by atoms with Gasteiger partial charge >= 0.3 is 0 Å². The van der Waals surface area contributed by atoms with E-state index in [1.165, 1.54) is 24.2 Å². The lowest BCUT2D eigenvalue weighted by Crippen LogP contribution is -2.49. The number of fused-ring (bicyclic) bond motifs is 1. The summed E-state index contributed by atoms with van der Waals surface area (Å²) in [6, 6.07) is 1.66. The van der Waals surface area contributed by atoms with Crippen molar-refractivity contribution in [3.63, 3.8) is 0 Å². The molecule has 1 fully saturated rings. The fraction of sp³-hybridized carbons (Fsp3) is 0.412. The number of amides is 1. The lowest BCUT2D eigenvalue weighted by molar-refractivity contribution is -0.0402. The van der Waals surface area contributed by atoms with E-state index in [9.17, 15) is 9.59 Å². The molecular formula is C17H17ClN4O4S. The first-order valence-electron chi connectivity index (χ1n) is 8.48. The van der Waals surface area contributed by atoms with Gasteiger partial charge in [-0.1, -0.05) is 23.4 Å². The van der Waals surface area contributed by atoms with E-state index in [0.29, 0.717) is 42.2 Å². The molecule has 27 heavy (non-hydrogen) atoms. The number of morpholine rings is 1. The maximum atomic E-state index is 12.8. The number of carbonyl (C=O) groups excluding carboxylic acids is 1. The van der Waals surface area contributed by atoms with Crippen LogP contribution in [0.5, 0.6) is 5.75 Å². The number of pyridine rings is 1. The summed E-state index contributed by atoms with van der Waals surface area (Å²) < 4.78 is 12.9. The number of carbonyl (C=O) groups is 1. The maximum Gasteiger partial charge on any atom is 0.267 e. The van der Waals surface area contributed by atoms with Crippen molar-refractivity contribution in [1.82, 2.24) is 19.4 Å². The lowest BCUT2D eigenvalue weighted by Gasteiger charge is -2.32. The summed E-state index contributed by atoms with van der Waals surface area (Å²) in [5, 5.41) is 1.15. The summed E-state index contributed by atoms with van der Waals surface area (Å²) in [6.45, 7) is 1.97. The normalized spacial score (nSPS) is 19.0. The predicted octanol–water partition coefficient (Wildman–Crippen LogP) is 1.32. The quantitative estimate of drug-likeness (QED) is 0.705. The highest BCUT2D eigenvalue weighted by Crippen LogP contribution is 2.21. The molecule has 2 aliphatic rings. The van der Waals surface area contributed by atoms with Crippen molar-refractivity contribution in [2.24, 2.45) is 0 Å². The van der Waals surface area contributed by atoms with Gasteiger partial charge in [-0.2, -0.15) is 0 Å². The number of hydrogen-bond acceptors (Lipinski definition) is 7. The van der Waals surface area contributed by atoms with Crippen LogP contribution in [0.1, 0.15) is 10.4 Å². The molecule has 0 aliphatic carbocycles. The van der Waals surface area contributed by atoms with Gasteiger partial charge in [-0.3, -0.25) is 19.1 Å². The van der Waals surface area contributed by atoms with Gasteiger partial charge in [-0.25, -0.2) is 4.98 Å². The first-order valence-corrected chi connectivity index (χ1v) is 9.85. The van der Waals surface area contributed by atoms with Gasteiger partial charge in [0, 0.05) is 37.3 Å². The number of hydrogen-bond donors (Lipinski definition) is 0. The van der Waals surface area contributed by atoms with Gasteiger partial charge < -0.3 is 14.4 Å². The van der Waals surface area contributed by atoms with Crippen molar-refractivity contribution in [2.75, 3.05) is 32.1 Å². The fourth-order valence-electron chi connectivity index (χ4n) is 3.00. The number of aromatic nitrogens is 3. The van der Waals surface area contributed by atoms with Crippen molar-refractivity contribution in [2.45, 2.75) is 17.8 Å². The molecule has 2 aromatic heterocycles. The third-order valence-electron chi connectivity index (χ3n) is 4.33. The average Bonchev–Trinajstić information content (AvgIpc) is 3.16. The minimum absolute atomic E-state index is 0.0989. The summed E-state index contributed by atoms with van der Waals surface area (Å²) in [7, 11) is 0. The van der Waals surface area contributed by atoms with Crippen LogP contribution >= 0.6 is 23.4 Å². The van der Waals surface area contributed by atoms with Crippen LogP contribution in [0.4, 0.5) is 0 Å². The third kappa shape index (κ3) is 3.95. The van der Waals surface area contributed by atoms with E-state index in [-0.39, 0.29) is 29.7 Å². The van der Waals surface area contributed by atoms with Crippen LogP contribution in [0.25, 0.3) is 0 Å². The van der Waals surface area contributed by atoms with E-state index in [1.54, 1.807) is 21.7 Å². The van der Waals surface area contributed by atoms with E-state index >= 15 is 0 Å². The van der Waals surface area contributed by atoms with Gasteiger partial charge in [0.15, 0.2) is 5.16 Å². The van der Waals surface area contributed by atoms with E-state index < -0.39 is 0 Å². The zero-order chi connectivity index (χ0) is 18.8. The summed E-state index contributed by atoms with van der Waals surface area (Å²) >= 11 is 7.41. The molecule has 0 aromatic carbocycles. The molecule has 8 nitrogen and oxygen atoms in total. The topological polar surface area (TPSA) is 86.6 Å². The summed E-state index contributed by atoms with van der Waals surface area (Å²) in [5.74, 6) is 1.01. The van der Waals surface area contributed by atoms with Crippen LogP contribution in [0.15, 0.2) is 34.6 Å². The second-order valence-electron chi connectivity index (χ2n) is 6.15. The fourth-order valence-corrected chi connectivity index (χ4v) is 4.08. The van der Waals surface area contributed by atoms with Crippen LogP contribution in [0, 0.1) is 0 Å². The van der Waals surface area contributed by atoms with Crippen molar-refractivity contribution in [3.8, 4) is 5.75 Å². The molecule has 0 N–H and O–H groups in total. The molecular weight excluding hydrogens is 392 g/mol. The molecule has 4 heterocycles. The Morgan fingerprint density at radius 1 is 1.37 bits per heavy atom. The summed E-state index contributed by atoms with van der Waals surface area (Å²) in [6.07, 6.45) is 4.16. The average molecular weight is 409 g/mol. The molecule has 1 amide bonds. The van der Waals surface area contributed by atoms with Gasteiger partial charge in [-0.15, -0.1) is 0 Å². The Bertz CT molecular complexity index is 922. The molecule has 142 valence electrons. The Balaban J connectivity index is 1.42. The van der Waals surface area contributed by atoms with Crippen LogP contribution < -0.4 is 10.3 Å². The first-order chi connectivity index (χ1) is 13.1. The van der Waals surface area contributed by atoms with Gasteiger partial charge in [0.2, 0.25) is 0 Å². The highest BCUT2D eigenvalue weighted by atomic mass is 35.5. The van der Waals surface area contributed by atoms with Crippen molar-refractivity contribution in [1.29, 1.82) is 0 Å². The molecule has 0 bridgehead atoms. The number of rotatable bonds is 4. The van der Waals surface area contributed by atoms with E-state index in [0.717, 1.165) is 5.75 Å². The van der Waals surface area contributed by atoms with Crippen molar-refractivity contribution < 1.29 is 14.3 Å². The summed E-state index contributed by atoms with van der Waals surface area (Å²) in [4.78, 5) is 35.2. The highest BCUT2D eigenvalue weighted by molar-refractivity contribution is 7.99. The van der Waals surface area contributed by atoms with Crippen LogP contribution in [-0.2, 0) is 11.3 Å². The minimum atomic E-state index is -0.322. The monoisotopic (exact) mass is 408 g/mol. The number of thioether (sulfide) groups is 1. The zero-order valence-corrected chi connectivity index (χ0v) is 15.9. The molecule has 0 saturated carbocycles. The Hall–Kier alpha value is -2.10. The standard InChI is InChI=1S/C17H17ClN4O4S/c18-11-5-12(7-19-6-11)26-10-13-9-21(1-3-25-13)15(23)14-8-20-17-22(16(14)24)2-4-27-17/h5-8,13H,1-4,9-10H2. The molecule has 2 aliphatic heterocycles.